The summed E-state index contributed by atoms with van der Waals surface area (Å²) in [5.41, 5.74) is 0.0543. The minimum atomic E-state index is -4.50. The predicted molar refractivity (Wildman–Crippen MR) is 103 cm³/mol. The maximum absolute atomic E-state index is 12.8. The smallest absolute Gasteiger partial charge is 0.326 e. The van der Waals surface area contributed by atoms with Crippen LogP contribution in [0.4, 0.5) is 18.9 Å². The number of carbonyl (C=O) groups excluding carboxylic acids is 1. The lowest BCUT2D eigenvalue weighted by Gasteiger charge is -2.11. The van der Waals surface area contributed by atoms with Crippen molar-refractivity contribution in [3.63, 3.8) is 0 Å². The van der Waals surface area contributed by atoms with Crippen molar-refractivity contribution in [3.05, 3.63) is 48.0 Å². The van der Waals surface area contributed by atoms with Crippen molar-refractivity contribution in [2.75, 3.05) is 19.4 Å². The molecule has 8 nitrogen and oxygen atoms in total. The molecule has 12 heteroatoms. The van der Waals surface area contributed by atoms with E-state index in [4.69, 9.17) is 0 Å². The third kappa shape index (κ3) is 4.60. The topological polar surface area (TPSA) is 97.2 Å². The Balaban J connectivity index is 1.70. The van der Waals surface area contributed by atoms with E-state index in [1.54, 1.807) is 0 Å². The van der Waals surface area contributed by atoms with E-state index in [1.165, 1.54) is 49.1 Å². The molecule has 1 amide bonds. The monoisotopic (exact) mass is 441 g/mol. The lowest BCUT2D eigenvalue weighted by molar-refractivity contribution is -0.137. The van der Waals surface area contributed by atoms with E-state index >= 15 is 0 Å². The summed E-state index contributed by atoms with van der Waals surface area (Å²) in [5.74, 6) is -0.496. The maximum atomic E-state index is 12.8. The first kappa shape index (κ1) is 21.7. The minimum Gasteiger partial charge on any atom is -0.326 e. The highest BCUT2D eigenvalue weighted by Gasteiger charge is 2.30. The highest BCUT2D eigenvalue weighted by atomic mass is 32.2. The Kier molecular flexibility index (Phi) is 5.81. The minimum absolute atomic E-state index is 0.0387. The molecule has 1 heterocycles. The summed E-state index contributed by atoms with van der Waals surface area (Å²) < 4.78 is 65.2. The van der Waals surface area contributed by atoms with Gasteiger partial charge in [0.05, 0.1) is 22.5 Å². The average molecular weight is 441 g/mol. The van der Waals surface area contributed by atoms with Crippen molar-refractivity contribution >= 4 is 32.7 Å². The number of aromatic nitrogens is 3. The van der Waals surface area contributed by atoms with E-state index in [0.29, 0.717) is 11.0 Å². The van der Waals surface area contributed by atoms with Gasteiger partial charge < -0.3 is 5.32 Å². The lowest BCUT2D eigenvalue weighted by Crippen LogP contribution is -2.22. The van der Waals surface area contributed by atoms with Crippen LogP contribution in [-0.4, -0.2) is 47.7 Å². The van der Waals surface area contributed by atoms with E-state index in [9.17, 15) is 26.4 Å². The molecule has 0 bridgehead atoms. The molecule has 0 aliphatic rings. The lowest BCUT2D eigenvalue weighted by atomic mass is 10.2. The molecule has 2 aromatic carbocycles. The van der Waals surface area contributed by atoms with Gasteiger partial charge in [-0.2, -0.15) is 13.2 Å². The summed E-state index contributed by atoms with van der Waals surface area (Å²) >= 11 is 0. The van der Waals surface area contributed by atoms with Crippen LogP contribution in [0.2, 0.25) is 0 Å². The number of nitrogens with one attached hydrogen (secondary N) is 1. The quantitative estimate of drug-likeness (QED) is 0.635. The maximum Gasteiger partial charge on any atom is 0.416 e. The van der Waals surface area contributed by atoms with Gasteiger partial charge in [0.15, 0.2) is 0 Å². The standard InChI is InChI=1S/C18H18F3N5O3S/c1-25(2)30(28,29)14-6-7-16-15(11-14)23-24-26(16)9-8-17(27)22-13-5-3-4-12(10-13)18(19,20)21/h3-7,10-11H,8-9H2,1-2H3,(H,22,27). The van der Waals surface area contributed by atoms with Crippen molar-refractivity contribution in [3.8, 4) is 0 Å². The third-order valence-corrected chi connectivity index (χ3v) is 6.10. The molecule has 1 N–H and O–H groups in total. The predicted octanol–water partition coefficient (Wildman–Crippen LogP) is 2.73. The number of carbonyl (C=O) groups is 1. The molecular weight excluding hydrogens is 423 g/mol. The number of rotatable bonds is 6. The van der Waals surface area contributed by atoms with E-state index in [-0.39, 0.29) is 23.5 Å². The van der Waals surface area contributed by atoms with Crippen molar-refractivity contribution in [2.24, 2.45) is 0 Å². The number of hydrogen-bond donors (Lipinski definition) is 1. The molecule has 0 aliphatic heterocycles. The number of fused-ring (bicyclic) bond motifs is 1. The van der Waals surface area contributed by atoms with E-state index < -0.39 is 27.7 Å². The second-order valence-corrected chi connectivity index (χ2v) is 8.78. The normalized spacial score (nSPS) is 12.5. The highest BCUT2D eigenvalue weighted by Crippen LogP contribution is 2.30. The molecule has 0 aliphatic carbocycles. The van der Waals surface area contributed by atoms with Gasteiger partial charge in [0.25, 0.3) is 0 Å². The summed E-state index contributed by atoms with van der Waals surface area (Å²) in [4.78, 5) is 12.2. The van der Waals surface area contributed by atoms with Crippen LogP contribution in [0, 0.1) is 0 Å². The zero-order valence-electron chi connectivity index (χ0n) is 16.0. The van der Waals surface area contributed by atoms with Gasteiger partial charge in [0.2, 0.25) is 15.9 Å². The Morgan fingerprint density at radius 2 is 1.90 bits per heavy atom. The molecule has 0 saturated carbocycles. The number of hydrogen-bond acceptors (Lipinski definition) is 5. The van der Waals surface area contributed by atoms with Crippen molar-refractivity contribution < 1.29 is 26.4 Å². The number of amides is 1. The van der Waals surface area contributed by atoms with Crippen molar-refractivity contribution in [1.29, 1.82) is 0 Å². The number of nitrogens with zero attached hydrogens (tertiary/aromatic N) is 4. The van der Waals surface area contributed by atoms with Gasteiger partial charge in [0, 0.05) is 26.2 Å². The highest BCUT2D eigenvalue weighted by molar-refractivity contribution is 7.89. The molecule has 0 fully saturated rings. The van der Waals surface area contributed by atoms with Gasteiger partial charge in [0.1, 0.15) is 5.52 Å². The van der Waals surface area contributed by atoms with Gasteiger partial charge in [-0.05, 0) is 36.4 Å². The molecule has 0 unspecified atom stereocenters. The fourth-order valence-corrected chi connectivity index (χ4v) is 3.61. The Labute approximate surface area is 170 Å². The molecule has 0 spiro atoms. The molecule has 3 rings (SSSR count). The summed E-state index contributed by atoms with van der Waals surface area (Å²) in [6.45, 7) is 0.112. The fraction of sp³-hybridized carbons (Fsp3) is 0.278. The van der Waals surface area contributed by atoms with Gasteiger partial charge in [-0.3, -0.25) is 4.79 Å². The van der Waals surface area contributed by atoms with Crippen LogP contribution in [0.3, 0.4) is 0 Å². The molecule has 0 atom stereocenters. The van der Waals surface area contributed by atoms with Crippen molar-refractivity contribution in [1.82, 2.24) is 19.3 Å². The molecular formula is C18H18F3N5O3S. The van der Waals surface area contributed by atoms with E-state index in [1.807, 2.05) is 0 Å². The number of benzene rings is 2. The van der Waals surface area contributed by atoms with Gasteiger partial charge >= 0.3 is 6.18 Å². The first-order valence-corrected chi connectivity index (χ1v) is 10.2. The summed E-state index contributed by atoms with van der Waals surface area (Å²) in [7, 11) is -0.789. The molecule has 30 heavy (non-hydrogen) atoms. The molecule has 3 aromatic rings. The zero-order valence-corrected chi connectivity index (χ0v) is 16.8. The van der Waals surface area contributed by atoms with Gasteiger partial charge in [-0.1, -0.05) is 11.3 Å². The molecule has 1 aromatic heterocycles. The Morgan fingerprint density at radius 1 is 1.17 bits per heavy atom. The van der Waals surface area contributed by atoms with Crippen LogP contribution in [0.1, 0.15) is 12.0 Å². The number of sulfonamides is 1. The van der Waals surface area contributed by atoms with E-state index in [0.717, 1.165) is 16.4 Å². The van der Waals surface area contributed by atoms with Crippen LogP contribution >= 0.6 is 0 Å². The molecule has 160 valence electrons. The summed E-state index contributed by atoms with van der Waals surface area (Å²) in [6.07, 6.45) is -4.56. The van der Waals surface area contributed by atoms with Crippen LogP contribution in [-0.2, 0) is 27.5 Å². The van der Waals surface area contributed by atoms with Gasteiger partial charge in [-0.25, -0.2) is 17.4 Å². The first-order valence-electron chi connectivity index (χ1n) is 8.71. The number of alkyl halides is 3. The van der Waals surface area contributed by atoms with E-state index in [2.05, 4.69) is 15.6 Å². The van der Waals surface area contributed by atoms with Crippen LogP contribution in [0.25, 0.3) is 11.0 Å². The van der Waals surface area contributed by atoms with Gasteiger partial charge in [-0.15, -0.1) is 5.10 Å². The third-order valence-electron chi connectivity index (χ3n) is 4.29. The Morgan fingerprint density at radius 3 is 2.57 bits per heavy atom. The van der Waals surface area contributed by atoms with Crippen LogP contribution in [0.15, 0.2) is 47.4 Å². The second-order valence-electron chi connectivity index (χ2n) is 6.63. The zero-order chi connectivity index (χ0) is 22.1. The first-order chi connectivity index (χ1) is 14.0. The number of aryl methyl sites for hydroxylation is 1. The van der Waals surface area contributed by atoms with Crippen LogP contribution in [0.5, 0.6) is 0 Å². The van der Waals surface area contributed by atoms with Crippen molar-refractivity contribution in [2.45, 2.75) is 24.0 Å². The largest absolute Gasteiger partial charge is 0.416 e. The van der Waals surface area contributed by atoms with Crippen LogP contribution < -0.4 is 5.32 Å². The number of anilines is 1. The second kappa shape index (κ2) is 8.03. The SMILES string of the molecule is CN(C)S(=O)(=O)c1ccc2c(c1)nnn2CCC(=O)Nc1cccc(C(F)(F)F)c1. The number of halogens is 3. The summed E-state index contributed by atoms with van der Waals surface area (Å²) in [6, 6.07) is 8.69. The molecule has 0 saturated heterocycles. The summed E-state index contributed by atoms with van der Waals surface area (Å²) in [5, 5.41) is 10.3. The fourth-order valence-electron chi connectivity index (χ4n) is 2.69. The Bertz CT molecular complexity index is 1190. The average Bonchev–Trinajstić information content (AvgIpc) is 3.08. The Hall–Kier alpha value is -2.99. The molecule has 0 radical (unpaired) electrons.